The van der Waals surface area contributed by atoms with Gasteiger partial charge in [-0.25, -0.2) is 0 Å². The molecule has 0 aromatic carbocycles. The lowest BCUT2D eigenvalue weighted by molar-refractivity contribution is -0.126. The first kappa shape index (κ1) is 15.4. The van der Waals surface area contributed by atoms with Crippen molar-refractivity contribution in [3.63, 3.8) is 0 Å². The molecular weight excluding hydrogens is 204 g/mol. The molecule has 2 atom stereocenters. The molecule has 0 bridgehead atoms. The van der Waals surface area contributed by atoms with Gasteiger partial charge in [-0.2, -0.15) is 0 Å². The maximum atomic E-state index is 11.8. The fourth-order valence-corrected chi connectivity index (χ4v) is 1.41. The van der Waals surface area contributed by atoms with Crippen LogP contribution in [0.1, 0.15) is 34.1 Å². The zero-order valence-electron chi connectivity index (χ0n) is 11.4. The Kier molecular flexibility index (Phi) is 5.97. The molecule has 2 N–H and O–H groups in total. The highest BCUT2D eigenvalue weighted by Gasteiger charge is 2.24. The van der Waals surface area contributed by atoms with Gasteiger partial charge in [0.15, 0.2) is 0 Å². The number of aliphatic hydroxyl groups is 1. The Bertz CT molecular complexity index is 222. The fraction of sp³-hybridized carbons (Fsp3) is 0.917. The van der Waals surface area contributed by atoms with Gasteiger partial charge in [0.25, 0.3) is 0 Å². The topological polar surface area (TPSA) is 52.6 Å². The zero-order valence-corrected chi connectivity index (χ0v) is 11.4. The Morgan fingerprint density at radius 3 is 2.19 bits per heavy atom. The van der Waals surface area contributed by atoms with E-state index in [0.717, 1.165) is 6.42 Å². The van der Waals surface area contributed by atoms with Crippen molar-refractivity contribution in [2.45, 2.75) is 46.3 Å². The van der Waals surface area contributed by atoms with Crippen molar-refractivity contribution in [1.29, 1.82) is 0 Å². The maximum absolute atomic E-state index is 11.8. The minimum absolute atomic E-state index is 0.0178. The second kappa shape index (κ2) is 6.21. The fourth-order valence-electron chi connectivity index (χ4n) is 1.41. The van der Waals surface area contributed by atoms with Crippen LogP contribution in [0, 0.1) is 5.41 Å². The first-order chi connectivity index (χ1) is 7.20. The highest BCUT2D eigenvalue weighted by Crippen LogP contribution is 2.18. The van der Waals surface area contributed by atoms with Gasteiger partial charge in [-0.05, 0) is 25.9 Å². The Labute approximate surface area is 99.0 Å². The van der Waals surface area contributed by atoms with Crippen molar-refractivity contribution in [3.05, 3.63) is 0 Å². The molecule has 0 saturated heterocycles. The van der Waals surface area contributed by atoms with E-state index >= 15 is 0 Å². The molecule has 4 heteroatoms. The molecule has 0 aliphatic heterocycles. The Morgan fingerprint density at radius 1 is 1.38 bits per heavy atom. The quantitative estimate of drug-likeness (QED) is 0.736. The van der Waals surface area contributed by atoms with E-state index in [1.807, 2.05) is 46.7 Å². The number of hydrogen-bond acceptors (Lipinski definition) is 3. The van der Waals surface area contributed by atoms with Crippen molar-refractivity contribution < 1.29 is 9.90 Å². The van der Waals surface area contributed by atoms with E-state index in [1.54, 1.807) is 0 Å². The molecule has 0 aliphatic carbocycles. The first-order valence-electron chi connectivity index (χ1n) is 5.82. The van der Waals surface area contributed by atoms with Crippen LogP contribution in [0.2, 0.25) is 0 Å². The summed E-state index contributed by atoms with van der Waals surface area (Å²) in [5.74, 6) is -0.0178. The molecule has 0 fully saturated rings. The second-order valence-corrected chi connectivity index (χ2v) is 5.51. The number of carbonyl (C=O) groups is 1. The lowest BCUT2D eigenvalue weighted by Crippen LogP contribution is -2.47. The van der Waals surface area contributed by atoms with Crippen LogP contribution >= 0.6 is 0 Å². The first-order valence-corrected chi connectivity index (χ1v) is 5.82. The number of amides is 1. The summed E-state index contributed by atoms with van der Waals surface area (Å²) < 4.78 is 0. The van der Waals surface area contributed by atoms with Gasteiger partial charge in [-0.3, -0.25) is 9.69 Å². The van der Waals surface area contributed by atoms with Gasteiger partial charge in [0.2, 0.25) is 5.91 Å². The highest BCUT2D eigenvalue weighted by atomic mass is 16.3. The van der Waals surface area contributed by atoms with Gasteiger partial charge in [-0.1, -0.05) is 27.7 Å². The summed E-state index contributed by atoms with van der Waals surface area (Å²) in [7, 11) is 3.77. The van der Waals surface area contributed by atoms with Crippen molar-refractivity contribution in [2.24, 2.45) is 5.41 Å². The SMILES string of the molecule is CCC(C(=O)NCC(O)C(C)(C)C)N(C)C. The molecule has 0 spiro atoms. The van der Waals surface area contributed by atoms with Crippen LogP contribution in [-0.4, -0.2) is 48.7 Å². The molecule has 0 aliphatic rings. The summed E-state index contributed by atoms with van der Waals surface area (Å²) in [6, 6.07) is -0.118. The predicted octanol–water partition coefficient (Wildman–Crippen LogP) is 0.850. The minimum atomic E-state index is -0.517. The number of likely N-dealkylation sites (N-methyl/N-ethyl adjacent to an activating group) is 1. The zero-order chi connectivity index (χ0) is 12.9. The largest absolute Gasteiger partial charge is 0.391 e. The lowest BCUT2D eigenvalue weighted by Gasteiger charge is -2.28. The molecule has 4 nitrogen and oxygen atoms in total. The average Bonchev–Trinajstić information content (AvgIpc) is 2.12. The van der Waals surface area contributed by atoms with Crippen LogP contribution in [0.15, 0.2) is 0 Å². The van der Waals surface area contributed by atoms with E-state index in [4.69, 9.17) is 0 Å². The normalized spacial score (nSPS) is 16.0. The van der Waals surface area contributed by atoms with Gasteiger partial charge >= 0.3 is 0 Å². The highest BCUT2D eigenvalue weighted by molar-refractivity contribution is 5.81. The Morgan fingerprint density at radius 2 is 1.88 bits per heavy atom. The summed E-state index contributed by atoms with van der Waals surface area (Å²) in [6.07, 6.45) is 0.251. The molecule has 0 radical (unpaired) electrons. The van der Waals surface area contributed by atoms with Crippen LogP contribution in [0.5, 0.6) is 0 Å². The van der Waals surface area contributed by atoms with Crippen molar-refractivity contribution in [3.8, 4) is 0 Å². The number of nitrogens with one attached hydrogen (secondary N) is 1. The molecule has 0 rings (SSSR count). The van der Waals surface area contributed by atoms with E-state index < -0.39 is 6.10 Å². The summed E-state index contributed by atoms with van der Waals surface area (Å²) in [5, 5.41) is 12.6. The minimum Gasteiger partial charge on any atom is -0.391 e. The van der Waals surface area contributed by atoms with Gasteiger partial charge in [0, 0.05) is 6.54 Å². The van der Waals surface area contributed by atoms with Crippen LogP contribution in [-0.2, 0) is 4.79 Å². The molecule has 0 aromatic heterocycles. The molecular formula is C12H26N2O2. The summed E-state index contributed by atoms with van der Waals surface area (Å²) >= 11 is 0. The van der Waals surface area contributed by atoms with Crippen molar-refractivity contribution in [1.82, 2.24) is 10.2 Å². The van der Waals surface area contributed by atoms with E-state index in [2.05, 4.69) is 5.32 Å². The van der Waals surface area contributed by atoms with E-state index in [1.165, 1.54) is 0 Å². The van der Waals surface area contributed by atoms with Gasteiger partial charge < -0.3 is 10.4 Å². The van der Waals surface area contributed by atoms with E-state index in [0.29, 0.717) is 6.54 Å². The molecule has 2 unspecified atom stereocenters. The van der Waals surface area contributed by atoms with Crippen LogP contribution in [0.4, 0.5) is 0 Å². The van der Waals surface area contributed by atoms with Crippen LogP contribution in [0.25, 0.3) is 0 Å². The number of rotatable bonds is 5. The smallest absolute Gasteiger partial charge is 0.237 e. The average molecular weight is 230 g/mol. The van der Waals surface area contributed by atoms with Crippen LogP contribution < -0.4 is 5.32 Å². The van der Waals surface area contributed by atoms with Gasteiger partial charge in [0.05, 0.1) is 12.1 Å². The van der Waals surface area contributed by atoms with Gasteiger partial charge in [-0.15, -0.1) is 0 Å². The Balaban J connectivity index is 4.16. The summed E-state index contributed by atoms with van der Waals surface area (Å²) in [4.78, 5) is 13.7. The number of carbonyl (C=O) groups excluding carboxylic acids is 1. The van der Waals surface area contributed by atoms with Crippen LogP contribution in [0.3, 0.4) is 0 Å². The van der Waals surface area contributed by atoms with Crippen molar-refractivity contribution in [2.75, 3.05) is 20.6 Å². The van der Waals surface area contributed by atoms with Crippen molar-refractivity contribution >= 4 is 5.91 Å². The summed E-state index contributed by atoms with van der Waals surface area (Å²) in [6.45, 7) is 8.14. The van der Waals surface area contributed by atoms with E-state index in [9.17, 15) is 9.90 Å². The molecule has 1 amide bonds. The number of hydrogen-bond donors (Lipinski definition) is 2. The molecule has 96 valence electrons. The second-order valence-electron chi connectivity index (χ2n) is 5.51. The maximum Gasteiger partial charge on any atom is 0.237 e. The van der Waals surface area contributed by atoms with E-state index in [-0.39, 0.29) is 17.4 Å². The molecule has 16 heavy (non-hydrogen) atoms. The Hall–Kier alpha value is -0.610. The number of nitrogens with zero attached hydrogens (tertiary/aromatic N) is 1. The third kappa shape index (κ3) is 4.94. The third-order valence-electron chi connectivity index (χ3n) is 2.78. The molecule has 0 heterocycles. The lowest BCUT2D eigenvalue weighted by atomic mass is 9.89. The third-order valence-corrected chi connectivity index (χ3v) is 2.78. The van der Waals surface area contributed by atoms with Gasteiger partial charge in [0.1, 0.15) is 0 Å². The summed E-state index contributed by atoms with van der Waals surface area (Å²) in [5.41, 5.74) is -0.201. The molecule has 0 aromatic rings. The predicted molar refractivity (Wildman–Crippen MR) is 66.2 cm³/mol. The monoisotopic (exact) mass is 230 g/mol. The number of aliphatic hydroxyl groups excluding tert-OH is 1. The standard InChI is InChI=1S/C12H26N2O2/c1-7-9(14(5)6)11(16)13-8-10(15)12(2,3)4/h9-10,15H,7-8H2,1-6H3,(H,13,16). The molecule has 0 saturated carbocycles.